The molecule has 1 N–H and O–H groups in total. The molecule has 0 aliphatic heterocycles. The van der Waals surface area contributed by atoms with Gasteiger partial charge in [-0.15, -0.1) is 10.2 Å². The standard InChI is InChI=1S/C17H13F2N5O3S/c1-27-17(26)13-7-24(9-20-13)14-4-5-16(23-22-14)28-8-15(25)21-12-3-2-10(18)6-11(12)19/h2-7,9H,8H2,1H3,(H,21,25). The minimum absolute atomic E-state index is 0.0393. The molecule has 2 heterocycles. The summed E-state index contributed by atoms with van der Waals surface area (Å²) in [6, 6.07) is 6.16. The first-order chi connectivity index (χ1) is 13.5. The molecule has 1 amide bonds. The zero-order valence-electron chi connectivity index (χ0n) is 14.4. The minimum atomic E-state index is -0.853. The molecule has 11 heteroatoms. The molecular formula is C17H13F2N5O3S. The lowest BCUT2D eigenvalue weighted by Crippen LogP contribution is -2.15. The maximum absolute atomic E-state index is 13.5. The molecule has 0 bridgehead atoms. The number of amides is 1. The van der Waals surface area contributed by atoms with Crippen LogP contribution < -0.4 is 5.32 Å². The Balaban J connectivity index is 1.57. The summed E-state index contributed by atoms with van der Waals surface area (Å²) in [5, 5.41) is 10.8. The van der Waals surface area contributed by atoms with Crippen LogP contribution in [0.2, 0.25) is 0 Å². The number of nitrogens with one attached hydrogen (secondary N) is 1. The third kappa shape index (κ3) is 4.68. The number of esters is 1. The summed E-state index contributed by atoms with van der Waals surface area (Å²) < 4.78 is 32.5. The number of nitrogens with zero attached hydrogens (tertiary/aromatic N) is 4. The Labute approximate surface area is 161 Å². The summed E-state index contributed by atoms with van der Waals surface area (Å²) in [6.45, 7) is 0. The Morgan fingerprint density at radius 1 is 1.21 bits per heavy atom. The van der Waals surface area contributed by atoms with Gasteiger partial charge < -0.3 is 10.1 Å². The van der Waals surface area contributed by atoms with Crippen LogP contribution in [-0.2, 0) is 9.53 Å². The normalized spacial score (nSPS) is 10.5. The van der Waals surface area contributed by atoms with E-state index < -0.39 is 23.5 Å². The van der Waals surface area contributed by atoms with Crippen LogP contribution >= 0.6 is 11.8 Å². The van der Waals surface area contributed by atoms with Crippen molar-refractivity contribution < 1.29 is 23.1 Å². The van der Waals surface area contributed by atoms with E-state index in [9.17, 15) is 18.4 Å². The first-order valence-corrected chi connectivity index (χ1v) is 8.79. The monoisotopic (exact) mass is 405 g/mol. The molecule has 3 aromatic rings. The highest BCUT2D eigenvalue weighted by atomic mass is 32.2. The molecule has 0 aliphatic carbocycles. The molecule has 3 rings (SSSR count). The number of ether oxygens (including phenoxy) is 1. The number of halogens is 2. The maximum Gasteiger partial charge on any atom is 0.358 e. The number of carbonyl (C=O) groups is 2. The number of thioether (sulfide) groups is 1. The van der Waals surface area contributed by atoms with Crippen LogP contribution in [0.25, 0.3) is 5.82 Å². The van der Waals surface area contributed by atoms with Crippen molar-refractivity contribution >= 4 is 29.3 Å². The van der Waals surface area contributed by atoms with E-state index in [0.29, 0.717) is 16.9 Å². The van der Waals surface area contributed by atoms with Gasteiger partial charge in [0.2, 0.25) is 5.91 Å². The summed E-state index contributed by atoms with van der Waals surface area (Å²) in [4.78, 5) is 27.2. The lowest BCUT2D eigenvalue weighted by Gasteiger charge is -2.06. The highest BCUT2D eigenvalue weighted by Gasteiger charge is 2.12. The smallest absolute Gasteiger partial charge is 0.358 e. The molecule has 0 saturated heterocycles. The average molecular weight is 405 g/mol. The Kier molecular flexibility index (Phi) is 5.94. The van der Waals surface area contributed by atoms with E-state index in [1.54, 1.807) is 12.1 Å². The Morgan fingerprint density at radius 2 is 2.04 bits per heavy atom. The maximum atomic E-state index is 13.5. The van der Waals surface area contributed by atoms with Crippen LogP contribution in [0.3, 0.4) is 0 Å². The van der Waals surface area contributed by atoms with Crippen LogP contribution in [-0.4, -0.2) is 44.5 Å². The molecule has 2 aromatic heterocycles. The fourth-order valence-corrected chi connectivity index (χ4v) is 2.72. The zero-order chi connectivity index (χ0) is 20.1. The number of anilines is 1. The Hall–Kier alpha value is -3.34. The lowest BCUT2D eigenvalue weighted by molar-refractivity contribution is -0.113. The molecule has 1 aromatic carbocycles. The molecule has 8 nitrogen and oxygen atoms in total. The predicted octanol–water partition coefficient (Wildman–Crippen LogP) is 2.46. The lowest BCUT2D eigenvalue weighted by atomic mass is 10.3. The Morgan fingerprint density at radius 3 is 2.71 bits per heavy atom. The summed E-state index contributed by atoms with van der Waals surface area (Å²) in [6.07, 6.45) is 2.85. The van der Waals surface area contributed by atoms with Crippen molar-refractivity contribution in [3.8, 4) is 5.82 Å². The Bertz CT molecular complexity index is 1010. The van der Waals surface area contributed by atoms with Crippen LogP contribution in [0.5, 0.6) is 0 Å². The third-order valence-corrected chi connectivity index (χ3v) is 4.34. The van der Waals surface area contributed by atoms with E-state index in [2.05, 4.69) is 25.2 Å². The van der Waals surface area contributed by atoms with Gasteiger partial charge in [0.05, 0.1) is 18.6 Å². The largest absolute Gasteiger partial charge is 0.464 e. The van der Waals surface area contributed by atoms with Crippen molar-refractivity contribution in [1.29, 1.82) is 0 Å². The number of rotatable bonds is 6. The number of imidazole rings is 1. The summed E-state index contributed by atoms with van der Waals surface area (Å²) >= 11 is 1.09. The van der Waals surface area contributed by atoms with Gasteiger partial charge in [-0.2, -0.15) is 0 Å². The molecule has 0 saturated carbocycles. The molecule has 0 radical (unpaired) electrons. The second-order valence-electron chi connectivity index (χ2n) is 5.35. The fourth-order valence-electron chi connectivity index (χ4n) is 2.10. The summed E-state index contributed by atoms with van der Waals surface area (Å²) in [5.41, 5.74) is 0.0300. The first kappa shape index (κ1) is 19.4. The van der Waals surface area contributed by atoms with Gasteiger partial charge in [0.1, 0.15) is 23.0 Å². The van der Waals surface area contributed by atoms with E-state index >= 15 is 0 Å². The van der Waals surface area contributed by atoms with E-state index in [4.69, 9.17) is 0 Å². The number of hydrogen-bond acceptors (Lipinski definition) is 7. The van der Waals surface area contributed by atoms with Crippen LogP contribution in [0, 0.1) is 11.6 Å². The highest BCUT2D eigenvalue weighted by molar-refractivity contribution is 7.99. The van der Waals surface area contributed by atoms with Crippen LogP contribution in [0.1, 0.15) is 10.5 Å². The quantitative estimate of drug-likeness (QED) is 0.497. The second kappa shape index (κ2) is 8.57. The number of hydrogen-bond donors (Lipinski definition) is 1. The molecular weight excluding hydrogens is 392 g/mol. The van der Waals surface area contributed by atoms with Gasteiger partial charge >= 0.3 is 5.97 Å². The predicted molar refractivity (Wildman–Crippen MR) is 96.2 cm³/mol. The van der Waals surface area contributed by atoms with Crippen LogP contribution in [0.4, 0.5) is 14.5 Å². The average Bonchev–Trinajstić information content (AvgIpc) is 3.18. The molecule has 0 spiro atoms. The van der Waals surface area contributed by atoms with Gasteiger partial charge in [0.15, 0.2) is 11.5 Å². The van der Waals surface area contributed by atoms with Crippen molar-refractivity contribution in [1.82, 2.24) is 19.7 Å². The van der Waals surface area contributed by atoms with Crippen molar-refractivity contribution in [2.24, 2.45) is 0 Å². The van der Waals surface area contributed by atoms with E-state index in [-0.39, 0.29) is 17.1 Å². The van der Waals surface area contributed by atoms with Gasteiger partial charge in [0, 0.05) is 12.3 Å². The summed E-state index contributed by atoms with van der Waals surface area (Å²) in [7, 11) is 1.26. The molecule has 28 heavy (non-hydrogen) atoms. The number of methoxy groups -OCH3 is 1. The topological polar surface area (TPSA) is 99.0 Å². The fraction of sp³-hybridized carbons (Fsp3) is 0.118. The molecule has 144 valence electrons. The van der Waals surface area contributed by atoms with Crippen molar-refractivity contribution in [3.05, 3.63) is 60.2 Å². The molecule has 0 unspecified atom stereocenters. The van der Waals surface area contributed by atoms with Gasteiger partial charge in [-0.3, -0.25) is 9.36 Å². The van der Waals surface area contributed by atoms with E-state index in [0.717, 1.165) is 23.9 Å². The zero-order valence-corrected chi connectivity index (χ0v) is 15.2. The molecule has 0 fully saturated rings. The van der Waals surface area contributed by atoms with Gasteiger partial charge in [-0.25, -0.2) is 18.6 Å². The third-order valence-electron chi connectivity index (χ3n) is 3.42. The van der Waals surface area contributed by atoms with Gasteiger partial charge in [0.25, 0.3) is 0 Å². The van der Waals surface area contributed by atoms with Gasteiger partial charge in [-0.05, 0) is 24.3 Å². The summed E-state index contributed by atoms with van der Waals surface area (Å²) in [5.74, 6) is -2.24. The van der Waals surface area contributed by atoms with E-state index in [1.807, 2.05) is 0 Å². The number of benzene rings is 1. The van der Waals surface area contributed by atoms with Crippen molar-refractivity contribution in [2.45, 2.75) is 5.03 Å². The number of carbonyl (C=O) groups excluding carboxylic acids is 2. The van der Waals surface area contributed by atoms with Crippen molar-refractivity contribution in [2.75, 3.05) is 18.2 Å². The van der Waals surface area contributed by atoms with Crippen LogP contribution in [0.15, 0.2) is 47.9 Å². The molecule has 0 aliphatic rings. The highest BCUT2D eigenvalue weighted by Crippen LogP contribution is 2.18. The van der Waals surface area contributed by atoms with Crippen molar-refractivity contribution in [3.63, 3.8) is 0 Å². The second-order valence-corrected chi connectivity index (χ2v) is 6.34. The van der Waals surface area contributed by atoms with Gasteiger partial charge in [-0.1, -0.05) is 11.8 Å². The minimum Gasteiger partial charge on any atom is -0.464 e. The SMILES string of the molecule is COC(=O)c1cn(-c2ccc(SCC(=O)Nc3ccc(F)cc3F)nn2)cn1. The molecule has 0 atom stereocenters. The first-order valence-electron chi connectivity index (χ1n) is 7.80. The van der Waals surface area contributed by atoms with E-state index in [1.165, 1.54) is 24.2 Å². The number of aromatic nitrogens is 4.